The summed E-state index contributed by atoms with van der Waals surface area (Å²) in [6.45, 7) is 6.15. The average molecular weight is 302 g/mol. The predicted molar refractivity (Wildman–Crippen MR) is 73.8 cm³/mol. The van der Waals surface area contributed by atoms with E-state index in [0.717, 1.165) is 0 Å². The Bertz CT molecular complexity index is 441. The zero-order valence-corrected chi connectivity index (χ0v) is 12.7. The largest absolute Gasteiger partial charge is 0.479 e. The summed E-state index contributed by atoms with van der Waals surface area (Å²) >= 11 is 0. The first kappa shape index (κ1) is 16.0. The van der Waals surface area contributed by atoms with Crippen LogP contribution in [-0.4, -0.2) is 59.5 Å². The van der Waals surface area contributed by atoms with Crippen LogP contribution in [-0.2, 0) is 9.53 Å². The third-order valence-electron chi connectivity index (χ3n) is 4.38. The fraction of sp³-hybridized carbons (Fsp3) is 0.857. The number of carboxylic acids is 1. The molecule has 0 saturated carbocycles. The van der Waals surface area contributed by atoms with Gasteiger partial charge in [-0.1, -0.05) is 0 Å². The normalized spacial score (nSPS) is 28.7. The molecule has 2 aliphatic rings. The fourth-order valence-electron chi connectivity index (χ4n) is 3.12. The van der Waals surface area contributed by atoms with E-state index in [-0.39, 0.29) is 6.54 Å². The lowest BCUT2D eigenvalue weighted by atomic mass is 9.69. The molecule has 0 aromatic carbocycles. The van der Waals surface area contributed by atoms with Crippen molar-refractivity contribution in [2.24, 2.45) is 5.41 Å². The number of alkyl halides is 1. The number of carbonyl (C=O) groups excluding carboxylic acids is 1. The standard InChI is InChI=1S/C14H23FN2O4/c1-12(2,3)21-11(20)17-6-4-13(5-7-17)8-16-9-14(13,15)10(18)19/h16H,4-9H2,1-3H3,(H,18,19). The second-order valence-corrected chi connectivity index (χ2v) is 6.96. The van der Waals surface area contributed by atoms with E-state index in [0.29, 0.717) is 32.5 Å². The molecule has 2 aliphatic heterocycles. The Balaban J connectivity index is 2.03. The first-order valence-corrected chi connectivity index (χ1v) is 7.21. The van der Waals surface area contributed by atoms with Crippen LogP contribution in [0.5, 0.6) is 0 Å². The number of nitrogens with zero attached hydrogens (tertiary/aromatic N) is 1. The monoisotopic (exact) mass is 302 g/mol. The number of likely N-dealkylation sites (tertiary alicyclic amines) is 1. The van der Waals surface area contributed by atoms with Gasteiger partial charge in [-0.05, 0) is 33.6 Å². The third-order valence-corrected chi connectivity index (χ3v) is 4.38. The Morgan fingerprint density at radius 3 is 2.29 bits per heavy atom. The Labute approximate surface area is 123 Å². The zero-order chi connectivity index (χ0) is 15.9. The number of hydrogen-bond acceptors (Lipinski definition) is 4. The van der Waals surface area contributed by atoms with E-state index in [1.807, 2.05) is 0 Å². The molecule has 1 amide bonds. The zero-order valence-electron chi connectivity index (χ0n) is 12.7. The molecule has 2 fully saturated rings. The predicted octanol–water partition coefficient (Wildman–Crippen LogP) is 1.40. The number of halogens is 1. The number of amides is 1. The van der Waals surface area contributed by atoms with Gasteiger partial charge in [-0.2, -0.15) is 0 Å². The second-order valence-electron chi connectivity index (χ2n) is 6.96. The molecule has 2 saturated heterocycles. The quantitative estimate of drug-likeness (QED) is 0.765. The minimum atomic E-state index is -2.26. The molecule has 0 bridgehead atoms. The summed E-state index contributed by atoms with van der Waals surface area (Å²) in [4.78, 5) is 24.8. The summed E-state index contributed by atoms with van der Waals surface area (Å²) in [5, 5.41) is 12.0. The Morgan fingerprint density at radius 1 is 1.24 bits per heavy atom. The molecule has 2 heterocycles. The molecule has 6 nitrogen and oxygen atoms in total. The summed E-state index contributed by atoms with van der Waals surface area (Å²) in [6.07, 6.45) is 0.215. The second kappa shape index (κ2) is 5.12. The molecule has 0 radical (unpaired) electrons. The number of aliphatic carboxylic acids is 1. The van der Waals surface area contributed by atoms with Crippen molar-refractivity contribution in [1.82, 2.24) is 10.2 Å². The molecule has 2 rings (SSSR count). The first-order chi connectivity index (χ1) is 9.60. The fourth-order valence-corrected chi connectivity index (χ4v) is 3.12. The molecule has 7 heteroatoms. The number of ether oxygens (including phenoxy) is 1. The molecule has 120 valence electrons. The average Bonchev–Trinajstić information content (AvgIpc) is 2.67. The van der Waals surface area contributed by atoms with Gasteiger partial charge < -0.3 is 20.1 Å². The molecule has 21 heavy (non-hydrogen) atoms. The summed E-state index contributed by atoms with van der Waals surface area (Å²) < 4.78 is 20.1. The van der Waals surface area contributed by atoms with Crippen molar-refractivity contribution in [2.45, 2.75) is 44.9 Å². The van der Waals surface area contributed by atoms with Crippen LogP contribution in [0.1, 0.15) is 33.6 Å². The molecule has 1 unspecified atom stereocenters. The molecule has 1 atom stereocenters. The van der Waals surface area contributed by atoms with Crippen LogP contribution in [0.4, 0.5) is 9.18 Å². The molecule has 0 aromatic rings. The maximum atomic E-state index is 14.8. The summed E-state index contributed by atoms with van der Waals surface area (Å²) in [7, 11) is 0. The van der Waals surface area contributed by atoms with Crippen molar-refractivity contribution in [1.29, 1.82) is 0 Å². The van der Waals surface area contributed by atoms with Gasteiger partial charge in [-0.3, -0.25) is 0 Å². The van der Waals surface area contributed by atoms with Gasteiger partial charge in [0.15, 0.2) is 0 Å². The highest BCUT2D eigenvalue weighted by Gasteiger charge is 2.62. The van der Waals surface area contributed by atoms with Crippen molar-refractivity contribution < 1.29 is 23.8 Å². The molecule has 0 aromatic heterocycles. The van der Waals surface area contributed by atoms with Crippen molar-refractivity contribution in [3.8, 4) is 0 Å². The summed E-state index contributed by atoms with van der Waals surface area (Å²) in [5.74, 6) is -1.42. The van der Waals surface area contributed by atoms with Crippen molar-refractivity contribution in [3.05, 3.63) is 0 Å². The van der Waals surface area contributed by atoms with Gasteiger partial charge in [0.05, 0.1) is 0 Å². The lowest BCUT2D eigenvalue weighted by Gasteiger charge is -2.43. The van der Waals surface area contributed by atoms with Gasteiger partial charge in [0.25, 0.3) is 0 Å². The topological polar surface area (TPSA) is 78.9 Å². The summed E-state index contributed by atoms with van der Waals surface area (Å²) in [6, 6.07) is 0. The van der Waals surface area contributed by atoms with Gasteiger partial charge in [-0.15, -0.1) is 0 Å². The van der Waals surface area contributed by atoms with Gasteiger partial charge >= 0.3 is 12.1 Å². The van der Waals surface area contributed by atoms with E-state index in [4.69, 9.17) is 4.74 Å². The van der Waals surface area contributed by atoms with E-state index in [1.54, 1.807) is 20.8 Å². The summed E-state index contributed by atoms with van der Waals surface area (Å²) in [5.41, 5.74) is -3.77. The number of piperidine rings is 1. The third kappa shape index (κ3) is 2.84. The van der Waals surface area contributed by atoms with Gasteiger partial charge in [0, 0.05) is 31.6 Å². The van der Waals surface area contributed by atoms with Crippen molar-refractivity contribution >= 4 is 12.1 Å². The number of hydrogen-bond donors (Lipinski definition) is 2. The Morgan fingerprint density at radius 2 is 1.81 bits per heavy atom. The van der Waals surface area contributed by atoms with Crippen LogP contribution < -0.4 is 5.32 Å². The van der Waals surface area contributed by atoms with E-state index in [2.05, 4.69) is 5.32 Å². The number of carbonyl (C=O) groups is 2. The van der Waals surface area contributed by atoms with Crippen molar-refractivity contribution in [3.63, 3.8) is 0 Å². The number of nitrogens with one attached hydrogen (secondary N) is 1. The van der Waals surface area contributed by atoms with Gasteiger partial charge in [0.1, 0.15) is 5.60 Å². The Hall–Kier alpha value is -1.37. The molecule has 2 N–H and O–H groups in total. The van der Waals surface area contributed by atoms with E-state index >= 15 is 0 Å². The minimum absolute atomic E-state index is 0.172. The molecular formula is C14H23FN2O4. The lowest BCUT2D eigenvalue weighted by molar-refractivity contribution is -0.159. The van der Waals surface area contributed by atoms with Crippen LogP contribution in [0.25, 0.3) is 0 Å². The lowest BCUT2D eigenvalue weighted by Crippen LogP contribution is -2.56. The van der Waals surface area contributed by atoms with Crippen LogP contribution >= 0.6 is 0 Å². The highest BCUT2D eigenvalue weighted by atomic mass is 19.1. The van der Waals surface area contributed by atoms with Crippen LogP contribution in [0, 0.1) is 5.41 Å². The van der Waals surface area contributed by atoms with Gasteiger partial charge in [-0.25, -0.2) is 14.0 Å². The van der Waals surface area contributed by atoms with Crippen LogP contribution in [0.15, 0.2) is 0 Å². The highest BCUT2D eigenvalue weighted by molar-refractivity contribution is 5.80. The molecular weight excluding hydrogens is 279 g/mol. The first-order valence-electron chi connectivity index (χ1n) is 7.21. The number of carboxylic acid groups (broad SMARTS) is 1. The minimum Gasteiger partial charge on any atom is -0.479 e. The SMILES string of the molecule is CC(C)(C)OC(=O)N1CCC2(CC1)CNCC2(F)C(=O)O. The smallest absolute Gasteiger partial charge is 0.410 e. The van der Waals surface area contributed by atoms with Gasteiger partial charge in [0.2, 0.25) is 5.67 Å². The van der Waals surface area contributed by atoms with Crippen LogP contribution in [0.2, 0.25) is 0 Å². The highest BCUT2D eigenvalue weighted by Crippen LogP contribution is 2.47. The number of rotatable bonds is 1. The van der Waals surface area contributed by atoms with Crippen LogP contribution in [0.3, 0.4) is 0 Å². The van der Waals surface area contributed by atoms with E-state index in [1.165, 1.54) is 4.90 Å². The maximum absolute atomic E-state index is 14.8. The Kier molecular flexibility index (Phi) is 3.90. The van der Waals surface area contributed by atoms with Crippen molar-refractivity contribution in [2.75, 3.05) is 26.2 Å². The van der Waals surface area contributed by atoms with E-state index in [9.17, 15) is 19.1 Å². The maximum Gasteiger partial charge on any atom is 0.410 e. The van der Waals surface area contributed by atoms with E-state index < -0.39 is 28.7 Å². The molecule has 0 aliphatic carbocycles. The molecule has 1 spiro atoms.